The second-order valence-electron chi connectivity index (χ2n) is 5.26. The van der Waals surface area contributed by atoms with Gasteiger partial charge in [0.1, 0.15) is 11.3 Å². The summed E-state index contributed by atoms with van der Waals surface area (Å²) in [6, 6.07) is 11.3. The third-order valence-electron chi connectivity index (χ3n) is 3.54. The van der Waals surface area contributed by atoms with E-state index >= 15 is 0 Å². The Kier molecular flexibility index (Phi) is 4.60. The molecule has 3 rings (SSSR count). The Morgan fingerprint density at radius 3 is 2.54 bits per heavy atom. The number of benzene rings is 2. The first-order valence-electron chi connectivity index (χ1n) is 7.12. The normalized spacial score (nSPS) is 10.8. The van der Waals surface area contributed by atoms with Crippen LogP contribution in [0.3, 0.4) is 0 Å². The molecule has 0 N–H and O–H groups in total. The summed E-state index contributed by atoms with van der Waals surface area (Å²) in [6.45, 7) is 1.81. The van der Waals surface area contributed by atoms with Gasteiger partial charge in [-0.1, -0.05) is 29.3 Å². The molecule has 0 atom stereocenters. The molecule has 0 bridgehead atoms. The summed E-state index contributed by atoms with van der Waals surface area (Å²) in [5.74, 6) is -0.233. The number of aryl methyl sites for hydroxylation is 1. The van der Waals surface area contributed by atoms with E-state index in [0.29, 0.717) is 21.2 Å². The van der Waals surface area contributed by atoms with Crippen LogP contribution < -0.4 is 10.4 Å². The van der Waals surface area contributed by atoms with E-state index in [1.165, 1.54) is 12.1 Å². The molecule has 0 saturated carbocycles. The van der Waals surface area contributed by atoms with Gasteiger partial charge in [-0.2, -0.15) is 0 Å². The maximum absolute atomic E-state index is 12.1. The topological polar surface area (TPSA) is 56.5 Å². The Hall–Kier alpha value is -2.30. The zero-order valence-electron chi connectivity index (χ0n) is 12.6. The van der Waals surface area contributed by atoms with Gasteiger partial charge in [0.15, 0.2) is 0 Å². The van der Waals surface area contributed by atoms with Crippen LogP contribution in [-0.2, 0) is 11.2 Å². The quantitative estimate of drug-likeness (QED) is 0.389. The summed E-state index contributed by atoms with van der Waals surface area (Å²) in [5, 5.41) is 1.59. The van der Waals surface area contributed by atoms with Crippen LogP contribution in [0.4, 0.5) is 0 Å². The highest BCUT2D eigenvalue weighted by Crippen LogP contribution is 2.26. The van der Waals surface area contributed by atoms with E-state index in [1.807, 2.05) is 6.92 Å². The number of rotatable bonds is 3. The molecule has 1 heterocycles. The van der Waals surface area contributed by atoms with Crippen LogP contribution in [-0.4, -0.2) is 5.97 Å². The predicted molar refractivity (Wildman–Crippen MR) is 93.0 cm³/mol. The summed E-state index contributed by atoms with van der Waals surface area (Å²) < 4.78 is 10.4. The average Bonchev–Trinajstić information content (AvgIpc) is 2.50. The fourth-order valence-corrected chi connectivity index (χ4v) is 2.91. The van der Waals surface area contributed by atoms with Crippen molar-refractivity contribution in [1.82, 2.24) is 0 Å². The fraction of sp³-hybridized carbons (Fsp3) is 0.111. The number of fused-ring (bicyclic) bond motifs is 1. The first-order chi connectivity index (χ1) is 11.4. The lowest BCUT2D eigenvalue weighted by atomic mass is 10.1. The second kappa shape index (κ2) is 6.67. The van der Waals surface area contributed by atoms with Crippen molar-refractivity contribution in [3.63, 3.8) is 0 Å². The van der Waals surface area contributed by atoms with Crippen LogP contribution in [0.15, 0.2) is 51.7 Å². The van der Waals surface area contributed by atoms with Crippen LogP contribution in [0.1, 0.15) is 11.1 Å². The molecule has 3 aromatic rings. The minimum absolute atomic E-state index is 0.0612. The lowest BCUT2D eigenvalue weighted by Crippen LogP contribution is -2.12. The number of ether oxygens (including phenoxy) is 1. The smallest absolute Gasteiger partial charge is 0.336 e. The summed E-state index contributed by atoms with van der Waals surface area (Å²) in [5.41, 5.74) is 1.21. The molecule has 2 aromatic carbocycles. The Bertz CT molecular complexity index is 972. The van der Waals surface area contributed by atoms with Gasteiger partial charge in [-0.15, -0.1) is 0 Å². The molecule has 0 fully saturated rings. The maximum atomic E-state index is 12.1. The zero-order chi connectivity index (χ0) is 17.3. The minimum atomic E-state index is -0.514. The number of carbonyl (C=O) groups excluding carboxylic acids is 1. The van der Waals surface area contributed by atoms with Gasteiger partial charge >= 0.3 is 11.6 Å². The average molecular weight is 363 g/mol. The van der Waals surface area contributed by atoms with Crippen LogP contribution in [0.5, 0.6) is 5.75 Å². The Morgan fingerprint density at radius 1 is 1.12 bits per heavy atom. The first-order valence-corrected chi connectivity index (χ1v) is 7.88. The third-order valence-corrected chi connectivity index (χ3v) is 4.25. The van der Waals surface area contributed by atoms with E-state index in [0.717, 1.165) is 10.9 Å². The van der Waals surface area contributed by atoms with Crippen molar-refractivity contribution in [3.8, 4) is 5.75 Å². The van der Waals surface area contributed by atoms with E-state index in [2.05, 4.69) is 0 Å². The molecule has 0 saturated heterocycles. The number of esters is 1. The third kappa shape index (κ3) is 3.45. The molecule has 0 aliphatic rings. The molecular formula is C18H12Cl2O4. The van der Waals surface area contributed by atoms with Gasteiger partial charge in [-0.25, -0.2) is 4.79 Å². The summed E-state index contributed by atoms with van der Waals surface area (Å²) in [7, 11) is 0. The van der Waals surface area contributed by atoms with E-state index in [4.69, 9.17) is 32.4 Å². The Labute approximate surface area is 147 Å². The molecule has 0 amide bonds. The van der Waals surface area contributed by atoms with Crippen molar-refractivity contribution >= 4 is 40.1 Å². The highest BCUT2D eigenvalue weighted by molar-refractivity contribution is 6.36. The zero-order valence-corrected chi connectivity index (χ0v) is 14.1. The molecule has 0 spiro atoms. The van der Waals surface area contributed by atoms with E-state index < -0.39 is 11.6 Å². The fourth-order valence-electron chi connectivity index (χ4n) is 2.38. The van der Waals surface area contributed by atoms with E-state index in [-0.39, 0.29) is 12.2 Å². The summed E-state index contributed by atoms with van der Waals surface area (Å²) in [4.78, 5) is 23.6. The standard InChI is InChI=1S/C18H12Cl2O4/c1-10-7-17(21)24-16-8-11(5-6-12(10)16)23-18(22)9-13-14(19)3-2-4-15(13)20/h2-8H,9H2,1H3. The maximum Gasteiger partial charge on any atom is 0.336 e. The van der Waals surface area contributed by atoms with Crippen LogP contribution in [0, 0.1) is 6.92 Å². The van der Waals surface area contributed by atoms with Crippen molar-refractivity contribution in [2.75, 3.05) is 0 Å². The van der Waals surface area contributed by atoms with E-state index in [1.54, 1.807) is 30.3 Å². The molecule has 1 aromatic heterocycles. The van der Waals surface area contributed by atoms with Gasteiger partial charge in [0.2, 0.25) is 0 Å². The van der Waals surface area contributed by atoms with Crippen molar-refractivity contribution in [1.29, 1.82) is 0 Å². The van der Waals surface area contributed by atoms with Crippen LogP contribution >= 0.6 is 23.2 Å². The molecular weight excluding hydrogens is 351 g/mol. The second-order valence-corrected chi connectivity index (χ2v) is 6.07. The highest BCUT2D eigenvalue weighted by Gasteiger charge is 2.13. The van der Waals surface area contributed by atoms with Gasteiger partial charge in [0.25, 0.3) is 0 Å². The van der Waals surface area contributed by atoms with Crippen molar-refractivity contribution < 1.29 is 13.9 Å². The molecule has 0 aliphatic carbocycles. The summed E-state index contributed by atoms with van der Waals surface area (Å²) in [6.07, 6.45) is -0.0612. The molecule has 0 aliphatic heterocycles. The highest BCUT2D eigenvalue weighted by atomic mass is 35.5. The Morgan fingerprint density at radius 2 is 1.83 bits per heavy atom. The van der Waals surface area contributed by atoms with Gasteiger partial charge in [0.05, 0.1) is 6.42 Å². The predicted octanol–water partition coefficient (Wildman–Crippen LogP) is 4.56. The lowest BCUT2D eigenvalue weighted by molar-refractivity contribution is -0.133. The van der Waals surface area contributed by atoms with Gasteiger partial charge in [-0.05, 0) is 36.8 Å². The van der Waals surface area contributed by atoms with Gasteiger partial charge < -0.3 is 9.15 Å². The van der Waals surface area contributed by atoms with Gasteiger partial charge in [0, 0.05) is 33.1 Å². The van der Waals surface area contributed by atoms with Crippen molar-refractivity contribution in [2.45, 2.75) is 13.3 Å². The van der Waals surface area contributed by atoms with Crippen molar-refractivity contribution in [2.24, 2.45) is 0 Å². The monoisotopic (exact) mass is 362 g/mol. The van der Waals surface area contributed by atoms with Gasteiger partial charge in [-0.3, -0.25) is 4.79 Å². The molecule has 122 valence electrons. The number of halogens is 2. The van der Waals surface area contributed by atoms with E-state index in [9.17, 15) is 9.59 Å². The summed E-state index contributed by atoms with van der Waals surface area (Å²) >= 11 is 12.1. The lowest BCUT2D eigenvalue weighted by Gasteiger charge is -2.08. The number of carbonyl (C=O) groups is 1. The largest absolute Gasteiger partial charge is 0.426 e. The number of hydrogen-bond acceptors (Lipinski definition) is 4. The van der Waals surface area contributed by atoms with Crippen molar-refractivity contribution in [3.05, 3.63) is 74.1 Å². The molecule has 6 heteroatoms. The number of hydrogen-bond donors (Lipinski definition) is 0. The minimum Gasteiger partial charge on any atom is -0.426 e. The van der Waals surface area contributed by atoms with Crippen LogP contribution in [0.2, 0.25) is 10.0 Å². The molecule has 0 radical (unpaired) electrons. The van der Waals surface area contributed by atoms with Crippen LogP contribution in [0.25, 0.3) is 11.0 Å². The molecule has 0 unspecified atom stereocenters. The molecule has 24 heavy (non-hydrogen) atoms. The SMILES string of the molecule is Cc1cc(=O)oc2cc(OC(=O)Cc3c(Cl)cccc3Cl)ccc12. The molecule has 4 nitrogen and oxygen atoms in total. The Balaban J connectivity index is 1.84. The first kappa shape index (κ1) is 16.6.